The minimum absolute atomic E-state index is 0.146. The van der Waals surface area contributed by atoms with E-state index in [1.54, 1.807) is 36.1 Å². The van der Waals surface area contributed by atoms with Gasteiger partial charge in [0.25, 0.3) is 5.91 Å². The smallest absolute Gasteiger partial charge is 0.257 e. The zero-order valence-electron chi connectivity index (χ0n) is 15.7. The van der Waals surface area contributed by atoms with Crippen molar-refractivity contribution in [2.24, 2.45) is 0 Å². The quantitative estimate of drug-likeness (QED) is 0.743. The zero-order valence-corrected chi connectivity index (χ0v) is 15.7. The number of aliphatic hydroxyl groups is 1. The lowest BCUT2D eigenvalue weighted by molar-refractivity contribution is -0.189. The summed E-state index contributed by atoms with van der Waals surface area (Å²) in [4.78, 5) is 29.3. The van der Waals surface area contributed by atoms with Crippen LogP contribution in [0.2, 0.25) is 0 Å². The molecule has 0 unspecified atom stereocenters. The van der Waals surface area contributed by atoms with Crippen molar-refractivity contribution in [2.75, 3.05) is 6.79 Å². The van der Waals surface area contributed by atoms with Crippen LogP contribution in [0.15, 0.2) is 43.0 Å². The van der Waals surface area contributed by atoms with Gasteiger partial charge in [-0.05, 0) is 37.1 Å². The lowest BCUT2D eigenvalue weighted by Crippen LogP contribution is -2.70. The summed E-state index contributed by atoms with van der Waals surface area (Å²) in [7, 11) is 0. The number of amides is 2. The van der Waals surface area contributed by atoms with Gasteiger partial charge >= 0.3 is 0 Å². The van der Waals surface area contributed by atoms with Crippen LogP contribution in [0.5, 0.6) is 11.5 Å². The van der Waals surface area contributed by atoms with E-state index in [0.29, 0.717) is 34.7 Å². The first-order valence-corrected chi connectivity index (χ1v) is 9.53. The van der Waals surface area contributed by atoms with Crippen LogP contribution in [0, 0.1) is 0 Å². The SMILES string of the molecule is C=C1c2cc3c(cc2C[C@@H]2N1C(=O)[C@H](C)N1C(=O)c4ccccc4[C@]21O)OCO3. The molecule has 6 rings (SSSR count). The maximum Gasteiger partial charge on any atom is 0.257 e. The molecule has 2 aromatic carbocycles. The van der Waals surface area contributed by atoms with E-state index >= 15 is 0 Å². The van der Waals surface area contributed by atoms with Gasteiger partial charge in [-0.3, -0.25) is 14.5 Å². The number of ether oxygens (including phenoxy) is 2. The summed E-state index contributed by atoms with van der Waals surface area (Å²) in [6, 6.07) is 9.21. The molecule has 2 aromatic rings. The summed E-state index contributed by atoms with van der Waals surface area (Å²) in [6.07, 6.45) is 0.359. The van der Waals surface area contributed by atoms with E-state index in [1.807, 2.05) is 12.1 Å². The van der Waals surface area contributed by atoms with Crippen LogP contribution in [-0.2, 0) is 16.9 Å². The summed E-state index contributed by atoms with van der Waals surface area (Å²) < 4.78 is 11.0. The van der Waals surface area contributed by atoms with Crippen LogP contribution >= 0.6 is 0 Å². The van der Waals surface area contributed by atoms with Crippen LogP contribution in [0.1, 0.15) is 34.0 Å². The third kappa shape index (κ3) is 1.81. The van der Waals surface area contributed by atoms with Crippen LogP contribution in [0.25, 0.3) is 5.70 Å². The summed E-state index contributed by atoms with van der Waals surface area (Å²) in [5, 5.41) is 12.0. The molecule has 0 bridgehead atoms. The number of fused-ring (bicyclic) bond motifs is 7. The number of hydrogen-bond acceptors (Lipinski definition) is 5. The highest BCUT2D eigenvalue weighted by Crippen LogP contribution is 2.51. The van der Waals surface area contributed by atoms with Crippen molar-refractivity contribution in [1.82, 2.24) is 9.80 Å². The Morgan fingerprint density at radius 2 is 1.86 bits per heavy atom. The molecular weight excluding hydrogens is 372 g/mol. The first-order chi connectivity index (χ1) is 13.9. The highest BCUT2D eigenvalue weighted by atomic mass is 16.7. The predicted molar refractivity (Wildman–Crippen MR) is 102 cm³/mol. The maximum atomic E-state index is 13.3. The average molecular weight is 390 g/mol. The molecule has 4 aliphatic rings. The highest BCUT2D eigenvalue weighted by Gasteiger charge is 2.63. The Labute approximate surface area is 166 Å². The standard InChI is InChI=1S/C22H18N2O5/c1-11-15-9-18-17(28-10-29-18)7-13(15)8-19-22(27)16-6-4-3-5-14(16)21(26)24(22)12(2)20(25)23(11)19/h3-7,9,12,19,27H,1,8,10H2,2H3/t12-,19-,22-/m0/s1. The van der Waals surface area contributed by atoms with Gasteiger partial charge in [0.15, 0.2) is 17.2 Å². The molecule has 0 spiro atoms. The van der Waals surface area contributed by atoms with Gasteiger partial charge in [-0.15, -0.1) is 0 Å². The van der Waals surface area contributed by atoms with E-state index < -0.39 is 17.8 Å². The largest absolute Gasteiger partial charge is 0.454 e. The van der Waals surface area contributed by atoms with Crippen LogP contribution in [0.4, 0.5) is 0 Å². The topological polar surface area (TPSA) is 79.3 Å². The minimum atomic E-state index is -1.63. The monoisotopic (exact) mass is 390 g/mol. The lowest BCUT2D eigenvalue weighted by Gasteiger charge is -2.54. The Morgan fingerprint density at radius 1 is 1.14 bits per heavy atom. The van der Waals surface area contributed by atoms with Crippen molar-refractivity contribution >= 4 is 17.5 Å². The number of carbonyl (C=O) groups is 2. The number of rotatable bonds is 0. The van der Waals surface area contributed by atoms with Gasteiger partial charge in [0.1, 0.15) is 6.04 Å². The Bertz CT molecular complexity index is 1140. The fourth-order valence-electron chi connectivity index (χ4n) is 5.18. The fraction of sp³-hybridized carbons (Fsp3) is 0.273. The highest BCUT2D eigenvalue weighted by molar-refractivity contribution is 6.05. The summed E-state index contributed by atoms with van der Waals surface area (Å²) >= 11 is 0. The number of hydrogen-bond donors (Lipinski definition) is 1. The maximum absolute atomic E-state index is 13.3. The molecule has 0 aromatic heterocycles. The molecule has 2 amide bonds. The van der Waals surface area contributed by atoms with E-state index in [1.165, 1.54) is 4.90 Å². The minimum Gasteiger partial charge on any atom is -0.454 e. The number of nitrogens with zero attached hydrogens (tertiary/aromatic N) is 2. The molecule has 4 heterocycles. The molecule has 29 heavy (non-hydrogen) atoms. The summed E-state index contributed by atoms with van der Waals surface area (Å²) in [6.45, 7) is 5.96. The normalized spacial score (nSPS) is 28.8. The molecule has 0 saturated carbocycles. The third-order valence-corrected chi connectivity index (χ3v) is 6.51. The Morgan fingerprint density at radius 3 is 2.66 bits per heavy atom. The van der Waals surface area contributed by atoms with Crippen molar-refractivity contribution in [3.63, 3.8) is 0 Å². The van der Waals surface area contributed by atoms with E-state index in [0.717, 1.165) is 11.1 Å². The van der Waals surface area contributed by atoms with E-state index in [4.69, 9.17) is 9.47 Å². The van der Waals surface area contributed by atoms with Crippen LogP contribution in [0.3, 0.4) is 0 Å². The molecule has 1 fully saturated rings. The molecule has 1 N–H and O–H groups in total. The zero-order chi connectivity index (χ0) is 20.1. The molecule has 146 valence electrons. The Hall–Kier alpha value is -3.32. The Kier molecular flexibility index (Phi) is 2.97. The van der Waals surface area contributed by atoms with Gasteiger partial charge in [0.2, 0.25) is 12.7 Å². The first kappa shape index (κ1) is 16.6. The fourth-order valence-corrected chi connectivity index (χ4v) is 5.18. The second kappa shape index (κ2) is 5.18. The second-order valence-electron chi connectivity index (χ2n) is 7.86. The van der Waals surface area contributed by atoms with Crippen molar-refractivity contribution in [1.29, 1.82) is 0 Å². The van der Waals surface area contributed by atoms with E-state index in [2.05, 4.69) is 6.58 Å². The van der Waals surface area contributed by atoms with Crippen molar-refractivity contribution in [3.05, 3.63) is 65.2 Å². The van der Waals surface area contributed by atoms with Gasteiger partial charge < -0.3 is 19.5 Å². The average Bonchev–Trinajstić information content (AvgIpc) is 3.26. The summed E-state index contributed by atoms with van der Waals surface area (Å²) in [5.74, 6) is 0.662. The van der Waals surface area contributed by atoms with E-state index in [9.17, 15) is 14.7 Å². The van der Waals surface area contributed by atoms with Gasteiger partial charge in [-0.1, -0.05) is 24.8 Å². The van der Waals surface area contributed by atoms with Crippen molar-refractivity contribution < 1.29 is 24.2 Å². The molecule has 1 saturated heterocycles. The molecule has 0 radical (unpaired) electrons. The Balaban J connectivity index is 1.58. The van der Waals surface area contributed by atoms with Crippen molar-refractivity contribution in [2.45, 2.75) is 31.2 Å². The van der Waals surface area contributed by atoms with Gasteiger partial charge in [0, 0.05) is 22.4 Å². The van der Waals surface area contributed by atoms with Gasteiger partial charge in [0.05, 0.1) is 6.04 Å². The molecule has 4 aliphatic heterocycles. The number of benzene rings is 2. The van der Waals surface area contributed by atoms with Crippen LogP contribution in [-0.4, -0.2) is 45.6 Å². The van der Waals surface area contributed by atoms with Gasteiger partial charge in [-0.25, -0.2) is 0 Å². The molecular formula is C22H18N2O5. The number of carbonyl (C=O) groups excluding carboxylic acids is 2. The molecule has 7 nitrogen and oxygen atoms in total. The van der Waals surface area contributed by atoms with Crippen molar-refractivity contribution in [3.8, 4) is 11.5 Å². The molecule has 3 atom stereocenters. The lowest BCUT2D eigenvalue weighted by atomic mass is 9.80. The number of piperazine rings is 1. The first-order valence-electron chi connectivity index (χ1n) is 9.53. The second-order valence-corrected chi connectivity index (χ2v) is 7.86. The van der Waals surface area contributed by atoms with Gasteiger partial charge in [-0.2, -0.15) is 0 Å². The predicted octanol–water partition coefficient (Wildman–Crippen LogP) is 1.84. The molecule has 7 heteroatoms. The van der Waals surface area contributed by atoms with Crippen LogP contribution < -0.4 is 9.47 Å². The van der Waals surface area contributed by atoms with E-state index in [-0.39, 0.29) is 18.6 Å². The third-order valence-electron chi connectivity index (χ3n) is 6.51. The summed E-state index contributed by atoms with van der Waals surface area (Å²) in [5.41, 5.74) is 1.51. The molecule has 0 aliphatic carbocycles.